The lowest BCUT2D eigenvalue weighted by molar-refractivity contribution is -0.138. The van der Waals surface area contributed by atoms with Crippen molar-refractivity contribution in [2.24, 2.45) is 5.41 Å². The number of nitrogens with zero attached hydrogens (tertiary/aromatic N) is 2. The molecule has 4 aliphatic heterocycles. The molecule has 1 atom stereocenters. The summed E-state index contributed by atoms with van der Waals surface area (Å²) in [5.74, 6) is -0.596. The Balaban J connectivity index is 1.22. The van der Waals surface area contributed by atoms with E-state index in [0.717, 1.165) is 49.0 Å². The summed E-state index contributed by atoms with van der Waals surface area (Å²) < 4.78 is 10.1. The average Bonchev–Trinajstić information content (AvgIpc) is 3.43. The van der Waals surface area contributed by atoms with Gasteiger partial charge in [-0.2, -0.15) is 0 Å². The Labute approximate surface area is 180 Å². The molecule has 31 heavy (non-hydrogen) atoms. The van der Waals surface area contributed by atoms with Crippen LogP contribution in [0.4, 0.5) is 0 Å². The highest BCUT2D eigenvalue weighted by molar-refractivity contribution is 5.94. The third kappa shape index (κ3) is 3.34. The van der Waals surface area contributed by atoms with E-state index >= 15 is 0 Å². The molecule has 1 aromatic carbocycles. The summed E-state index contributed by atoms with van der Waals surface area (Å²) in [4.78, 5) is 40.1. The topological polar surface area (TPSA) is 96.4 Å². The second kappa shape index (κ2) is 7.46. The summed E-state index contributed by atoms with van der Waals surface area (Å²) in [6.07, 6.45) is 3.01. The highest BCUT2D eigenvalue weighted by atomic mass is 16.5. The Hall–Kier alpha value is -2.71. The predicted octanol–water partition coefficient (Wildman–Crippen LogP) is 1.45. The van der Waals surface area contributed by atoms with Crippen LogP contribution < -0.4 is 0 Å². The summed E-state index contributed by atoms with van der Waals surface area (Å²) in [5.41, 5.74) is 3.46. The molecule has 4 heterocycles. The van der Waals surface area contributed by atoms with E-state index in [-0.39, 0.29) is 36.5 Å². The first-order valence-corrected chi connectivity index (χ1v) is 10.8. The van der Waals surface area contributed by atoms with Crippen LogP contribution in [0.1, 0.15) is 52.4 Å². The van der Waals surface area contributed by atoms with Gasteiger partial charge in [-0.1, -0.05) is 6.07 Å². The Morgan fingerprint density at radius 3 is 2.52 bits per heavy atom. The smallest absolute Gasteiger partial charge is 0.338 e. The predicted molar refractivity (Wildman–Crippen MR) is 109 cm³/mol. The Morgan fingerprint density at radius 1 is 1.06 bits per heavy atom. The van der Waals surface area contributed by atoms with Crippen molar-refractivity contribution in [3.05, 3.63) is 46.2 Å². The number of aliphatic hydroxyl groups excluding tert-OH is 1. The van der Waals surface area contributed by atoms with Crippen LogP contribution in [-0.2, 0) is 25.7 Å². The lowest BCUT2D eigenvalue weighted by Gasteiger charge is -2.38. The number of rotatable bonds is 4. The van der Waals surface area contributed by atoms with Crippen molar-refractivity contribution in [1.29, 1.82) is 0 Å². The molecular formula is C23H26N2O6. The molecule has 0 bridgehead atoms. The van der Waals surface area contributed by atoms with Crippen molar-refractivity contribution < 1.29 is 29.0 Å². The fourth-order valence-electron chi connectivity index (χ4n) is 5.31. The molecule has 0 unspecified atom stereocenters. The minimum atomic E-state index is -0.669. The standard InChI is InChI=1S/C23H26N2O6/c1-14-16(2-3-17-18(14)13-31-21(17)28)19(26)11-24-7-4-23(5-8-24)6-9-25(22(23)29)15-10-20(27)30-12-15/h2-3,10,19,26H,4-9,11-13H2,1H3/t19-/m0/s1. The fourth-order valence-corrected chi connectivity index (χ4v) is 5.31. The highest BCUT2D eigenvalue weighted by Gasteiger charge is 2.49. The van der Waals surface area contributed by atoms with E-state index in [1.165, 1.54) is 6.08 Å². The van der Waals surface area contributed by atoms with Crippen molar-refractivity contribution in [2.75, 3.05) is 32.8 Å². The molecule has 1 spiro atoms. The number of aliphatic hydroxyl groups is 1. The van der Waals surface area contributed by atoms with E-state index < -0.39 is 6.10 Å². The number of benzene rings is 1. The molecule has 2 fully saturated rings. The van der Waals surface area contributed by atoms with Crippen molar-refractivity contribution in [3.8, 4) is 0 Å². The van der Waals surface area contributed by atoms with Gasteiger partial charge in [0.15, 0.2) is 0 Å². The normalized spacial score (nSPS) is 23.7. The van der Waals surface area contributed by atoms with Crippen molar-refractivity contribution >= 4 is 17.8 Å². The summed E-state index contributed by atoms with van der Waals surface area (Å²) in [7, 11) is 0. The summed E-state index contributed by atoms with van der Waals surface area (Å²) in [6, 6.07) is 3.55. The Morgan fingerprint density at radius 2 is 1.81 bits per heavy atom. The molecule has 8 nitrogen and oxygen atoms in total. The van der Waals surface area contributed by atoms with Crippen LogP contribution in [0.3, 0.4) is 0 Å². The van der Waals surface area contributed by atoms with Gasteiger partial charge in [0.05, 0.1) is 22.8 Å². The second-order valence-corrected chi connectivity index (χ2v) is 8.93. The number of ether oxygens (including phenoxy) is 2. The number of cyclic esters (lactones) is 2. The number of amides is 1. The first-order valence-electron chi connectivity index (χ1n) is 10.8. The molecule has 2 saturated heterocycles. The number of hydrogen-bond donors (Lipinski definition) is 1. The van der Waals surface area contributed by atoms with Crippen LogP contribution >= 0.6 is 0 Å². The SMILES string of the molecule is Cc1c([C@@H](O)CN2CCC3(CC2)CCN(C2=CC(=O)OC2)C3=O)ccc2c1COC2=O. The zero-order valence-corrected chi connectivity index (χ0v) is 17.6. The molecule has 1 amide bonds. The zero-order valence-electron chi connectivity index (χ0n) is 17.6. The van der Waals surface area contributed by atoms with Crippen LogP contribution in [0.5, 0.6) is 0 Å². The number of piperidine rings is 1. The monoisotopic (exact) mass is 426 g/mol. The number of likely N-dealkylation sites (tertiary alicyclic amines) is 2. The van der Waals surface area contributed by atoms with E-state index in [4.69, 9.17) is 9.47 Å². The summed E-state index contributed by atoms with van der Waals surface area (Å²) in [6.45, 7) is 4.93. The first-order chi connectivity index (χ1) is 14.9. The molecule has 164 valence electrons. The first kappa shape index (κ1) is 20.2. The molecule has 0 saturated carbocycles. The van der Waals surface area contributed by atoms with Gasteiger partial charge in [-0.15, -0.1) is 0 Å². The molecule has 0 radical (unpaired) electrons. The highest BCUT2D eigenvalue weighted by Crippen LogP contribution is 2.43. The van der Waals surface area contributed by atoms with E-state index in [2.05, 4.69) is 4.90 Å². The van der Waals surface area contributed by atoms with Crippen LogP contribution in [0.2, 0.25) is 0 Å². The van der Waals surface area contributed by atoms with E-state index in [1.807, 2.05) is 13.0 Å². The maximum atomic E-state index is 13.1. The maximum absolute atomic E-state index is 13.1. The molecular weight excluding hydrogens is 400 g/mol. The number of esters is 2. The van der Waals surface area contributed by atoms with E-state index in [1.54, 1.807) is 11.0 Å². The number of β-amino-alcohol motifs (C(OH)–C–C–N with tert-alkyl or cyclic N) is 1. The third-order valence-corrected chi connectivity index (χ3v) is 7.32. The van der Waals surface area contributed by atoms with E-state index in [9.17, 15) is 19.5 Å². The van der Waals surface area contributed by atoms with Gasteiger partial charge in [0, 0.05) is 24.7 Å². The van der Waals surface area contributed by atoms with Crippen molar-refractivity contribution in [3.63, 3.8) is 0 Å². The van der Waals surface area contributed by atoms with Gasteiger partial charge < -0.3 is 24.4 Å². The quantitative estimate of drug-likeness (QED) is 0.728. The van der Waals surface area contributed by atoms with Crippen LogP contribution in [0.15, 0.2) is 23.9 Å². The molecule has 4 aliphatic rings. The fraction of sp³-hybridized carbons (Fsp3) is 0.522. The van der Waals surface area contributed by atoms with Crippen molar-refractivity contribution in [1.82, 2.24) is 9.80 Å². The zero-order chi connectivity index (χ0) is 21.8. The number of carbonyl (C=O) groups excluding carboxylic acids is 3. The molecule has 5 rings (SSSR count). The minimum Gasteiger partial charge on any atom is -0.457 e. The summed E-state index contributed by atoms with van der Waals surface area (Å²) in [5, 5.41) is 10.9. The van der Waals surface area contributed by atoms with Crippen LogP contribution in [0, 0.1) is 12.3 Å². The largest absolute Gasteiger partial charge is 0.457 e. The minimum absolute atomic E-state index is 0.0939. The Bertz CT molecular complexity index is 992. The second-order valence-electron chi connectivity index (χ2n) is 8.93. The van der Waals surface area contributed by atoms with E-state index in [0.29, 0.717) is 24.4 Å². The van der Waals surface area contributed by atoms with Gasteiger partial charge in [-0.3, -0.25) is 4.79 Å². The van der Waals surface area contributed by atoms with Gasteiger partial charge in [-0.25, -0.2) is 9.59 Å². The number of hydrogen-bond acceptors (Lipinski definition) is 7. The molecule has 0 aliphatic carbocycles. The van der Waals surface area contributed by atoms with Gasteiger partial charge in [0.1, 0.15) is 13.2 Å². The maximum Gasteiger partial charge on any atom is 0.338 e. The summed E-state index contributed by atoms with van der Waals surface area (Å²) >= 11 is 0. The van der Waals surface area contributed by atoms with Gasteiger partial charge in [0.25, 0.3) is 0 Å². The van der Waals surface area contributed by atoms with Crippen LogP contribution in [-0.4, -0.2) is 65.5 Å². The Kier molecular flexibility index (Phi) is 4.86. The van der Waals surface area contributed by atoms with Gasteiger partial charge in [-0.05, 0) is 56.5 Å². The lowest BCUT2D eigenvalue weighted by atomic mass is 9.77. The molecule has 1 aromatic rings. The number of carbonyl (C=O) groups is 3. The average molecular weight is 426 g/mol. The molecule has 0 aromatic heterocycles. The van der Waals surface area contributed by atoms with Gasteiger partial charge >= 0.3 is 11.9 Å². The van der Waals surface area contributed by atoms with Crippen LogP contribution in [0.25, 0.3) is 0 Å². The number of fused-ring (bicyclic) bond motifs is 1. The molecule has 8 heteroatoms. The van der Waals surface area contributed by atoms with Gasteiger partial charge in [0.2, 0.25) is 5.91 Å². The third-order valence-electron chi connectivity index (χ3n) is 7.32. The van der Waals surface area contributed by atoms with Crippen molar-refractivity contribution in [2.45, 2.75) is 38.9 Å². The lowest BCUT2D eigenvalue weighted by Crippen LogP contribution is -2.45. The molecule has 1 N–H and O–H groups in total.